The Hall–Kier alpha value is -4.04. The maximum absolute atomic E-state index is 15.0. The number of piperazine rings is 1. The molecular weight excluding hydrogens is 609 g/mol. The van der Waals surface area contributed by atoms with Gasteiger partial charge >= 0.3 is 11.9 Å². The van der Waals surface area contributed by atoms with Crippen molar-refractivity contribution in [1.29, 1.82) is 0 Å². The van der Waals surface area contributed by atoms with E-state index in [0.29, 0.717) is 48.6 Å². The van der Waals surface area contributed by atoms with E-state index in [4.69, 9.17) is 17.0 Å². The van der Waals surface area contributed by atoms with Crippen LogP contribution in [0.3, 0.4) is 0 Å². The first kappa shape index (κ1) is 32.4. The maximum Gasteiger partial charge on any atom is 0.338 e. The highest BCUT2D eigenvalue weighted by Crippen LogP contribution is 2.36. The van der Waals surface area contributed by atoms with Crippen LogP contribution in [0.15, 0.2) is 46.7 Å². The Kier molecular flexibility index (Phi) is 9.17. The standard InChI is InChI=1S/C31H35F3N6O4S/c1-5-44-28(41)24-23(15-38-9-10-40-19(13-38)14-39(30(40)45)16-31(3,4)29(42)43)36-27(26-22(34)11-18(32)12-35-26)37-25(24)20-7-6-8-21(33)17(20)2/h6-8,11-12,19,25H,5,9-10,13-16H2,1-4H3,(H,36,37)(H,42,43)/t19-,25-/m0/s1. The first-order valence-electron chi connectivity index (χ1n) is 14.6. The number of nitrogens with zero attached hydrogens (tertiary/aromatic N) is 5. The van der Waals surface area contributed by atoms with Gasteiger partial charge in [0.2, 0.25) is 0 Å². The highest BCUT2D eigenvalue weighted by Gasteiger charge is 2.42. The molecule has 1 aromatic carbocycles. The summed E-state index contributed by atoms with van der Waals surface area (Å²) in [6, 6.07) is 4.05. The molecule has 0 bridgehead atoms. The predicted octanol–water partition coefficient (Wildman–Crippen LogP) is 3.41. The van der Waals surface area contributed by atoms with Crippen molar-refractivity contribution in [2.75, 3.05) is 45.9 Å². The number of carbonyl (C=O) groups excluding carboxylic acids is 1. The van der Waals surface area contributed by atoms with Gasteiger partial charge in [-0.25, -0.2) is 22.9 Å². The van der Waals surface area contributed by atoms with Crippen molar-refractivity contribution < 1.29 is 32.6 Å². The van der Waals surface area contributed by atoms with E-state index in [-0.39, 0.29) is 48.4 Å². The highest BCUT2D eigenvalue weighted by molar-refractivity contribution is 7.80. The van der Waals surface area contributed by atoms with Gasteiger partial charge in [0, 0.05) is 51.0 Å². The van der Waals surface area contributed by atoms with Crippen molar-refractivity contribution in [1.82, 2.24) is 25.0 Å². The average Bonchev–Trinajstić information content (AvgIpc) is 3.27. The summed E-state index contributed by atoms with van der Waals surface area (Å²) in [5.41, 5.74) is -0.0777. The summed E-state index contributed by atoms with van der Waals surface area (Å²) in [4.78, 5) is 39.9. The Balaban J connectivity index is 1.50. The molecule has 0 amide bonds. The first-order valence-corrected chi connectivity index (χ1v) is 15.0. The normalized spacial score (nSPS) is 20.6. The lowest BCUT2D eigenvalue weighted by molar-refractivity contribution is -0.147. The van der Waals surface area contributed by atoms with Crippen LogP contribution in [0.1, 0.15) is 43.6 Å². The maximum atomic E-state index is 15.0. The fourth-order valence-electron chi connectivity index (χ4n) is 5.91. The Bertz CT molecular complexity index is 1600. The van der Waals surface area contributed by atoms with Crippen LogP contribution in [0.4, 0.5) is 13.2 Å². The Morgan fingerprint density at radius 3 is 2.62 bits per heavy atom. The van der Waals surface area contributed by atoms with Crippen molar-refractivity contribution in [2.45, 2.75) is 39.8 Å². The summed E-state index contributed by atoms with van der Waals surface area (Å²) in [6.45, 7) is 9.28. The lowest BCUT2D eigenvalue weighted by atomic mass is 9.91. The number of carboxylic acid groups (broad SMARTS) is 1. The van der Waals surface area contributed by atoms with Gasteiger partial charge in [-0.3, -0.25) is 14.7 Å². The number of aromatic nitrogens is 1. The molecule has 2 aromatic rings. The zero-order valence-corrected chi connectivity index (χ0v) is 26.3. The number of thiocarbonyl (C=S) groups is 1. The molecule has 2 saturated heterocycles. The number of aliphatic imine (C=N–C) groups is 1. The summed E-state index contributed by atoms with van der Waals surface area (Å²) >= 11 is 5.70. The Labute approximate surface area is 264 Å². The van der Waals surface area contributed by atoms with Crippen LogP contribution in [0.5, 0.6) is 0 Å². The van der Waals surface area contributed by atoms with Gasteiger partial charge < -0.3 is 25.0 Å². The minimum atomic E-state index is -1.06. The molecule has 2 atom stereocenters. The van der Waals surface area contributed by atoms with Gasteiger partial charge in [-0.15, -0.1) is 0 Å². The minimum Gasteiger partial charge on any atom is -0.481 e. The summed E-state index contributed by atoms with van der Waals surface area (Å²) < 4.78 is 49.0. The van der Waals surface area contributed by atoms with Gasteiger partial charge in [0.25, 0.3) is 0 Å². The van der Waals surface area contributed by atoms with E-state index < -0.39 is 40.8 Å². The molecule has 3 aliphatic rings. The van der Waals surface area contributed by atoms with Crippen LogP contribution in [-0.4, -0.2) is 99.6 Å². The van der Waals surface area contributed by atoms with Crippen LogP contribution >= 0.6 is 12.2 Å². The molecule has 0 aliphatic carbocycles. The molecule has 0 spiro atoms. The molecule has 2 fully saturated rings. The van der Waals surface area contributed by atoms with Crippen molar-refractivity contribution >= 4 is 35.1 Å². The van der Waals surface area contributed by atoms with Crippen LogP contribution in [-0.2, 0) is 14.3 Å². The first-order chi connectivity index (χ1) is 21.3. The topological polar surface area (TPSA) is 111 Å². The van der Waals surface area contributed by atoms with E-state index in [0.717, 1.165) is 6.20 Å². The fraction of sp³-hybridized carbons (Fsp3) is 0.452. The minimum absolute atomic E-state index is 0.0308. The summed E-state index contributed by atoms with van der Waals surface area (Å²) in [7, 11) is 0. The number of aliphatic carboxylic acids is 1. The molecule has 240 valence electrons. The van der Waals surface area contributed by atoms with Gasteiger partial charge in [0.1, 0.15) is 23.4 Å². The number of carboxylic acids is 1. The number of pyridine rings is 1. The largest absolute Gasteiger partial charge is 0.481 e. The monoisotopic (exact) mass is 644 g/mol. The summed E-state index contributed by atoms with van der Waals surface area (Å²) in [5, 5.41) is 13.3. The molecule has 0 unspecified atom stereocenters. The number of amidine groups is 1. The van der Waals surface area contributed by atoms with E-state index in [9.17, 15) is 27.9 Å². The number of rotatable bonds is 9. The molecule has 0 saturated carbocycles. The molecular formula is C31H35F3N6O4S. The van der Waals surface area contributed by atoms with Crippen LogP contribution < -0.4 is 5.32 Å². The molecule has 0 radical (unpaired) electrons. The van der Waals surface area contributed by atoms with Gasteiger partial charge in [-0.2, -0.15) is 0 Å². The third-order valence-electron chi connectivity index (χ3n) is 8.32. The van der Waals surface area contributed by atoms with Crippen molar-refractivity contribution in [3.8, 4) is 0 Å². The van der Waals surface area contributed by atoms with Crippen LogP contribution in [0.25, 0.3) is 0 Å². The number of hydrogen-bond acceptors (Lipinski definition) is 8. The highest BCUT2D eigenvalue weighted by atomic mass is 32.1. The van der Waals surface area contributed by atoms with E-state index in [1.54, 1.807) is 33.8 Å². The molecule has 10 nitrogen and oxygen atoms in total. The van der Waals surface area contributed by atoms with Crippen LogP contribution in [0, 0.1) is 29.8 Å². The smallest absolute Gasteiger partial charge is 0.338 e. The zero-order chi connectivity index (χ0) is 32.6. The second-order valence-electron chi connectivity index (χ2n) is 12.0. The molecule has 5 rings (SSSR count). The van der Waals surface area contributed by atoms with E-state index >= 15 is 0 Å². The van der Waals surface area contributed by atoms with Crippen molar-refractivity contribution in [3.05, 3.63) is 76.0 Å². The van der Waals surface area contributed by atoms with Gasteiger partial charge in [-0.1, -0.05) is 12.1 Å². The van der Waals surface area contributed by atoms with Crippen LogP contribution in [0.2, 0.25) is 0 Å². The van der Waals surface area contributed by atoms with E-state index in [1.165, 1.54) is 12.1 Å². The number of halogens is 3. The molecule has 14 heteroatoms. The third-order valence-corrected chi connectivity index (χ3v) is 8.81. The van der Waals surface area contributed by atoms with Crippen molar-refractivity contribution in [3.63, 3.8) is 0 Å². The zero-order valence-electron chi connectivity index (χ0n) is 25.4. The van der Waals surface area contributed by atoms with Gasteiger partial charge in [0.05, 0.1) is 29.8 Å². The number of nitrogens with one attached hydrogen (secondary N) is 1. The molecule has 45 heavy (non-hydrogen) atoms. The lowest BCUT2D eigenvalue weighted by Gasteiger charge is -2.39. The molecule has 3 aliphatic heterocycles. The number of ether oxygens (including phenoxy) is 1. The van der Waals surface area contributed by atoms with Gasteiger partial charge in [0.15, 0.2) is 16.8 Å². The molecule has 2 N–H and O–H groups in total. The molecule has 1 aromatic heterocycles. The van der Waals surface area contributed by atoms with E-state index in [1.807, 2.05) is 4.90 Å². The predicted molar refractivity (Wildman–Crippen MR) is 164 cm³/mol. The summed E-state index contributed by atoms with van der Waals surface area (Å²) in [5.74, 6) is -3.92. The lowest BCUT2D eigenvalue weighted by Crippen LogP contribution is -2.53. The SMILES string of the molecule is CCOC(=O)C1=C(CN2CCN3C(=S)N(CC(C)(C)C(=O)O)C[C@@H]3C2)NC(c2ncc(F)cc2F)=N[C@H]1c1cccc(F)c1C. The summed E-state index contributed by atoms with van der Waals surface area (Å²) in [6.07, 6.45) is 0.870. The quantitative estimate of drug-likeness (QED) is 0.311. The second-order valence-corrected chi connectivity index (χ2v) is 12.4. The average molecular weight is 645 g/mol. The third kappa shape index (κ3) is 6.52. The number of fused-ring (bicyclic) bond motifs is 1. The van der Waals surface area contributed by atoms with Crippen molar-refractivity contribution in [2.24, 2.45) is 10.4 Å². The molecule has 4 heterocycles. The second kappa shape index (κ2) is 12.8. The number of esters is 1. The number of benzene rings is 1. The number of carbonyl (C=O) groups is 2. The van der Waals surface area contributed by atoms with Gasteiger partial charge in [-0.05, 0) is 57.1 Å². The van der Waals surface area contributed by atoms with E-state index in [2.05, 4.69) is 25.1 Å². The number of hydrogen-bond donors (Lipinski definition) is 2. The Morgan fingerprint density at radius 2 is 1.93 bits per heavy atom. The fourth-order valence-corrected chi connectivity index (χ4v) is 6.29. The Morgan fingerprint density at radius 1 is 1.18 bits per heavy atom.